The van der Waals surface area contributed by atoms with Gasteiger partial charge in [0.15, 0.2) is 0 Å². The first-order valence-electron chi connectivity index (χ1n) is 6.11. The molecule has 4 atom stereocenters. The minimum absolute atomic E-state index is 0.106. The Balaban J connectivity index is 2.84. The van der Waals surface area contributed by atoms with Gasteiger partial charge in [0, 0.05) is 25.7 Å². The molecule has 0 aromatic heterocycles. The summed E-state index contributed by atoms with van der Waals surface area (Å²) in [6.45, 7) is 5.19. The highest BCUT2D eigenvalue weighted by Gasteiger charge is 2.41. The molecule has 0 heterocycles. The molecule has 0 radical (unpaired) electrons. The molecule has 1 aliphatic rings. The zero-order valence-electron chi connectivity index (χ0n) is 10.6. The smallest absolute Gasteiger partial charge is 0.302 e. The molecular formula is C13H20O4. The summed E-state index contributed by atoms with van der Waals surface area (Å²) in [4.78, 5) is 33.5. The third kappa shape index (κ3) is 3.38. The maximum atomic E-state index is 11.8. The summed E-state index contributed by atoms with van der Waals surface area (Å²) in [5, 5.41) is 0. The number of ether oxygens (including phenoxy) is 1. The molecule has 1 rings (SSSR count). The van der Waals surface area contributed by atoms with Crippen LogP contribution in [0, 0.1) is 17.8 Å². The van der Waals surface area contributed by atoms with E-state index in [4.69, 9.17) is 4.74 Å². The van der Waals surface area contributed by atoms with E-state index >= 15 is 0 Å². The van der Waals surface area contributed by atoms with Crippen molar-refractivity contribution in [3.05, 3.63) is 0 Å². The topological polar surface area (TPSA) is 60.4 Å². The lowest BCUT2D eigenvalue weighted by Crippen LogP contribution is -2.37. The highest BCUT2D eigenvalue weighted by atomic mass is 16.5. The highest BCUT2D eigenvalue weighted by molar-refractivity contribution is 5.84. The average molecular weight is 240 g/mol. The summed E-state index contributed by atoms with van der Waals surface area (Å²) >= 11 is 0. The third-order valence-corrected chi connectivity index (χ3v) is 3.52. The van der Waals surface area contributed by atoms with Crippen LogP contribution in [-0.2, 0) is 19.1 Å². The summed E-state index contributed by atoms with van der Waals surface area (Å²) < 4.78 is 5.27. The number of ketones is 1. The van der Waals surface area contributed by atoms with Crippen LogP contribution in [0.5, 0.6) is 0 Å². The van der Waals surface area contributed by atoms with Crippen LogP contribution in [0.2, 0.25) is 0 Å². The van der Waals surface area contributed by atoms with Crippen molar-refractivity contribution < 1.29 is 19.1 Å². The Morgan fingerprint density at radius 2 is 2.24 bits per heavy atom. The van der Waals surface area contributed by atoms with Crippen molar-refractivity contribution in [2.24, 2.45) is 17.8 Å². The second-order valence-electron chi connectivity index (χ2n) is 4.96. The number of aldehydes is 1. The standard InChI is InChI=1S/C13H20O4/c1-8-4-5-11(16)12(8)13(17-10(3)15)9(2)6-7-14/h7-9,12-13H,4-6H2,1-3H3/t8?,9-,12-,13-/m1/s1. The van der Waals surface area contributed by atoms with Crippen molar-refractivity contribution >= 4 is 18.0 Å². The van der Waals surface area contributed by atoms with Gasteiger partial charge in [-0.25, -0.2) is 0 Å². The molecule has 0 aromatic rings. The fourth-order valence-corrected chi connectivity index (χ4v) is 2.56. The fraction of sp³-hybridized carbons (Fsp3) is 0.769. The predicted molar refractivity (Wildman–Crippen MR) is 62.3 cm³/mol. The normalized spacial score (nSPS) is 27.6. The van der Waals surface area contributed by atoms with E-state index in [9.17, 15) is 14.4 Å². The molecule has 0 amide bonds. The second-order valence-corrected chi connectivity index (χ2v) is 4.96. The van der Waals surface area contributed by atoms with E-state index in [1.165, 1.54) is 6.92 Å². The highest BCUT2D eigenvalue weighted by Crippen LogP contribution is 2.35. The first-order chi connectivity index (χ1) is 7.97. The predicted octanol–water partition coefficient (Wildman–Crippen LogP) is 1.76. The number of Topliss-reactive ketones (excluding diaryl/α,β-unsaturated/α-hetero) is 1. The monoisotopic (exact) mass is 240 g/mol. The SMILES string of the molecule is CC(=O)O[C@H]([C@H](C)CC=O)[C@H]1C(=O)CCC1C. The van der Waals surface area contributed by atoms with Crippen molar-refractivity contribution in [1.29, 1.82) is 0 Å². The molecule has 0 spiro atoms. The molecule has 0 aromatic carbocycles. The van der Waals surface area contributed by atoms with Crippen LogP contribution in [0.3, 0.4) is 0 Å². The third-order valence-electron chi connectivity index (χ3n) is 3.52. The van der Waals surface area contributed by atoms with Crippen LogP contribution in [0.1, 0.15) is 40.0 Å². The van der Waals surface area contributed by atoms with Crippen LogP contribution in [-0.4, -0.2) is 24.1 Å². The zero-order chi connectivity index (χ0) is 13.0. The number of esters is 1. The molecule has 4 heteroatoms. The Kier molecular flexibility index (Phi) is 4.85. The molecule has 96 valence electrons. The van der Waals surface area contributed by atoms with E-state index in [0.717, 1.165) is 12.7 Å². The molecule has 0 saturated heterocycles. The zero-order valence-corrected chi connectivity index (χ0v) is 10.6. The lowest BCUT2D eigenvalue weighted by molar-refractivity contribution is -0.155. The van der Waals surface area contributed by atoms with E-state index in [1.807, 2.05) is 13.8 Å². The molecule has 17 heavy (non-hydrogen) atoms. The quantitative estimate of drug-likeness (QED) is 0.542. The van der Waals surface area contributed by atoms with Crippen LogP contribution >= 0.6 is 0 Å². The largest absolute Gasteiger partial charge is 0.461 e. The van der Waals surface area contributed by atoms with Gasteiger partial charge in [-0.15, -0.1) is 0 Å². The maximum absolute atomic E-state index is 11.8. The van der Waals surface area contributed by atoms with Crippen molar-refractivity contribution in [2.75, 3.05) is 0 Å². The molecule has 0 bridgehead atoms. The Labute approximate surface area is 102 Å². The van der Waals surface area contributed by atoms with Crippen LogP contribution in [0.25, 0.3) is 0 Å². The summed E-state index contributed by atoms with van der Waals surface area (Å²) in [6.07, 6.45) is 2.06. The van der Waals surface area contributed by atoms with Crippen LogP contribution in [0.4, 0.5) is 0 Å². The number of hydrogen-bond acceptors (Lipinski definition) is 4. The molecule has 1 saturated carbocycles. The van der Waals surface area contributed by atoms with Crippen molar-refractivity contribution in [1.82, 2.24) is 0 Å². The van der Waals surface area contributed by atoms with Crippen LogP contribution < -0.4 is 0 Å². The first-order valence-corrected chi connectivity index (χ1v) is 6.11. The minimum Gasteiger partial charge on any atom is -0.461 e. The number of rotatable bonds is 5. The molecule has 0 N–H and O–H groups in total. The number of carbonyl (C=O) groups excluding carboxylic acids is 3. The van der Waals surface area contributed by atoms with Crippen molar-refractivity contribution in [2.45, 2.75) is 46.1 Å². The molecular weight excluding hydrogens is 220 g/mol. The maximum Gasteiger partial charge on any atom is 0.302 e. The van der Waals surface area contributed by atoms with Gasteiger partial charge in [0.25, 0.3) is 0 Å². The second kappa shape index (κ2) is 5.94. The summed E-state index contributed by atoms with van der Waals surface area (Å²) in [7, 11) is 0. The van der Waals surface area contributed by atoms with Gasteiger partial charge in [0.2, 0.25) is 0 Å². The van der Waals surface area contributed by atoms with Gasteiger partial charge in [-0.2, -0.15) is 0 Å². The van der Waals surface area contributed by atoms with Crippen molar-refractivity contribution in [3.8, 4) is 0 Å². The Morgan fingerprint density at radius 1 is 1.59 bits per heavy atom. The molecule has 1 aliphatic carbocycles. The Hall–Kier alpha value is -1.19. The van der Waals surface area contributed by atoms with E-state index in [-0.39, 0.29) is 29.5 Å². The minimum atomic E-state index is -0.456. The van der Waals surface area contributed by atoms with Gasteiger partial charge in [-0.3, -0.25) is 9.59 Å². The van der Waals surface area contributed by atoms with Gasteiger partial charge < -0.3 is 9.53 Å². The lowest BCUT2D eigenvalue weighted by atomic mass is 9.83. The van der Waals surface area contributed by atoms with Gasteiger partial charge >= 0.3 is 5.97 Å². The van der Waals surface area contributed by atoms with E-state index in [2.05, 4.69) is 0 Å². The van der Waals surface area contributed by atoms with Crippen LogP contribution in [0.15, 0.2) is 0 Å². The Morgan fingerprint density at radius 3 is 2.65 bits per heavy atom. The molecule has 4 nitrogen and oxygen atoms in total. The van der Waals surface area contributed by atoms with Gasteiger partial charge in [0.1, 0.15) is 18.2 Å². The molecule has 0 aliphatic heterocycles. The molecule has 1 fully saturated rings. The van der Waals surface area contributed by atoms with E-state index in [1.54, 1.807) is 0 Å². The van der Waals surface area contributed by atoms with E-state index in [0.29, 0.717) is 12.8 Å². The molecule has 1 unspecified atom stereocenters. The van der Waals surface area contributed by atoms with Gasteiger partial charge in [-0.05, 0) is 12.3 Å². The number of carbonyl (C=O) groups is 3. The Bertz CT molecular complexity index is 311. The van der Waals surface area contributed by atoms with Crippen molar-refractivity contribution in [3.63, 3.8) is 0 Å². The first kappa shape index (κ1) is 13.9. The lowest BCUT2D eigenvalue weighted by Gasteiger charge is -2.29. The van der Waals surface area contributed by atoms with Gasteiger partial charge in [0.05, 0.1) is 5.92 Å². The number of hydrogen-bond donors (Lipinski definition) is 0. The van der Waals surface area contributed by atoms with Gasteiger partial charge in [-0.1, -0.05) is 13.8 Å². The average Bonchev–Trinajstić information content (AvgIpc) is 2.56. The van der Waals surface area contributed by atoms with E-state index < -0.39 is 6.10 Å². The summed E-state index contributed by atoms with van der Waals surface area (Å²) in [5.41, 5.74) is 0. The summed E-state index contributed by atoms with van der Waals surface area (Å²) in [6, 6.07) is 0. The summed E-state index contributed by atoms with van der Waals surface area (Å²) in [5.74, 6) is -0.359. The fourth-order valence-electron chi connectivity index (χ4n) is 2.56.